The Morgan fingerprint density at radius 3 is 2.57 bits per heavy atom. The van der Waals surface area contributed by atoms with Crippen molar-refractivity contribution in [3.63, 3.8) is 0 Å². The minimum atomic E-state index is -0.519. The molecule has 0 saturated carbocycles. The number of alkyl halides is 1. The third-order valence-corrected chi connectivity index (χ3v) is 5.98. The molecule has 0 spiro atoms. The highest BCUT2D eigenvalue weighted by atomic mass is 79.9. The molecule has 158 valence electrons. The number of rotatable bonds is 6. The molecule has 2 amide bonds. The number of benzene rings is 2. The van der Waals surface area contributed by atoms with Crippen LogP contribution in [0.1, 0.15) is 52.1 Å². The minimum Gasteiger partial charge on any atom is -0.267 e. The van der Waals surface area contributed by atoms with Crippen molar-refractivity contribution < 1.29 is 14.0 Å². The summed E-state index contributed by atoms with van der Waals surface area (Å²) in [5.74, 6) is -1.43. The molecule has 5 nitrogen and oxygen atoms in total. The van der Waals surface area contributed by atoms with Crippen molar-refractivity contribution in [3.8, 4) is 6.07 Å². The second-order valence-electron chi connectivity index (χ2n) is 6.79. The normalized spacial score (nSPS) is 11.5. The van der Waals surface area contributed by atoms with Crippen LogP contribution in [0.3, 0.4) is 0 Å². The minimum absolute atomic E-state index is 0.0687. The summed E-state index contributed by atoms with van der Waals surface area (Å²) in [5.41, 5.74) is 1.62. The summed E-state index contributed by atoms with van der Waals surface area (Å²) in [6.45, 7) is 3.75. The summed E-state index contributed by atoms with van der Waals surface area (Å²) in [4.78, 5) is 26.6. The molecule has 0 aromatic heterocycles. The number of hydrogen-bond donors (Lipinski definition) is 0. The van der Waals surface area contributed by atoms with Gasteiger partial charge in [-0.3, -0.25) is 9.59 Å². The van der Waals surface area contributed by atoms with Crippen LogP contribution < -0.4 is 0 Å². The predicted molar refractivity (Wildman–Crippen MR) is 117 cm³/mol. The summed E-state index contributed by atoms with van der Waals surface area (Å²) < 4.78 is 14.0. The molecule has 0 aliphatic heterocycles. The van der Waals surface area contributed by atoms with Crippen molar-refractivity contribution in [1.29, 1.82) is 5.26 Å². The number of hydrazine groups is 1. The predicted octanol–water partition coefficient (Wildman–Crippen LogP) is 5.32. The smallest absolute Gasteiger partial charge is 0.267 e. The van der Waals surface area contributed by atoms with Gasteiger partial charge < -0.3 is 0 Å². The monoisotopic (exact) mass is 493 g/mol. The first-order chi connectivity index (χ1) is 14.3. The molecule has 0 fully saturated rings. The lowest BCUT2D eigenvalue weighted by atomic mass is 10.1. The highest BCUT2D eigenvalue weighted by Gasteiger charge is 2.30. The fourth-order valence-corrected chi connectivity index (χ4v) is 3.96. The zero-order chi connectivity index (χ0) is 22.4. The number of amides is 2. The van der Waals surface area contributed by atoms with Crippen molar-refractivity contribution >= 4 is 39.3 Å². The first kappa shape index (κ1) is 23.8. The Hall–Kier alpha value is -2.43. The SMILES string of the molecule is CCC(C)N(C(=O)c1cccc(CC#N)c1)N(C)C(=O)c1ccc(F)c(Br)c1CCl. The lowest BCUT2D eigenvalue weighted by Gasteiger charge is -2.36. The Bertz CT molecular complexity index is 993. The van der Waals surface area contributed by atoms with E-state index in [9.17, 15) is 14.0 Å². The van der Waals surface area contributed by atoms with Crippen LogP contribution in [0.5, 0.6) is 0 Å². The third-order valence-electron chi connectivity index (χ3n) is 4.85. The molecule has 2 aromatic rings. The Morgan fingerprint density at radius 1 is 1.27 bits per heavy atom. The van der Waals surface area contributed by atoms with Gasteiger partial charge in [0.15, 0.2) is 0 Å². The van der Waals surface area contributed by atoms with Gasteiger partial charge in [-0.15, -0.1) is 11.6 Å². The van der Waals surface area contributed by atoms with Gasteiger partial charge in [-0.2, -0.15) is 5.26 Å². The third kappa shape index (κ3) is 5.00. The molecule has 30 heavy (non-hydrogen) atoms. The van der Waals surface area contributed by atoms with Crippen LogP contribution in [0, 0.1) is 17.1 Å². The van der Waals surface area contributed by atoms with Crippen molar-refractivity contribution in [2.24, 2.45) is 0 Å². The fourth-order valence-electron chi connectivity index (χ4n) is 3.04. The number of hydrogen-bond acceptors (Lipinski definition) is 3. The molecule has 0 aliphatic carbocycles. The lowest BCUT2D eigenvalue weighted by Crippen LogP contribution is -2.52. The van der Waals surface area contributed by atoms with Gasteiger partial charge in [0.25, 0.3) is 11.8 Å². The van der Waals surface area contributed by atoms with Crippen LogP contribution in [0.25, 0.3) is 0 Å². The van der Waals surface area contributed by atoms with E-state index in [4.69, 9.17) is 16.9 Å². The van der Waals surface area contributed by atoms with E-state index in [1.165, 1.54) is 29.2 Å². The fraction of sp³-hybridized carbons (Fsp3) is 0.318. The van der Waals surface area contributed by atoms with Crippen molar-refractivity contribution in [2.75, 3.05) is 7.05 Å². The first-order valence-corrected chi connectivity index (χ1v) is 10.7. The number of carbonyl (C=O) groups is 2. The van der Waals surface area contributed by atoms with Gasteiger partial charge >= 0.3 is 0 Å². The number of halogens is 3. The molecule has 0 aliphatic rings. The van der Waals surface area contributed by atoms with Gasteiger partial charge in [0.05, 0.1) is 23.0 Å². The second kappa shape index (κ2) is 10.6. The van der Waals surface area contributed by atoms with E-state index in [1.807, 2.05) is 13.8 Å². The van der Waals surface area contributed by atoms with E-state index in [1.54, 1.807) is 24.3 Å². The molecule has 2 aromatic carbocycles. The van der Waals surface area contributed by atoms with E-state index in [0.29, 0.717) is 23.1 Å². The quantitative estimate of drug-likeness (QED) is 0.403. The Kier molecular flexibility index (Phi) is 8.39. The maximum atomic E-state index is 13.9. The maximum absolute atomic E-state index is 13.9. The van der Waals surface area contributed by atoms with Gasteiger partial charge in [-0.05, 0) is 64.7 Å². The van der Waals surface area contributed by atoms with E-state index < -0.39 is 11.7 Å². The summed E-state index contributed by atoms with van der Waals surface area (Å²) in [6.07, 6.45) is 0.790. The molecular formula is C22H22BrClFN3O2. The van der Waals surface area contributed by atoms with Crippen LogP contribution in [0.15, 0.2) is 40.9 Å². The van der Waals surface area contributed by atoms with Crippen molar-refractivity contribution in [1.82, 2.24) is 10.0 Å². The molecule has 0 bridgehead atoms. The molecule has 0 heterocycles. The molecule has 1 unspecified atom stereocenters. The molecule has 0 radical (unpaired) electrons. The van der Waals surface area contributed by atoms with E-state index in [0.717, 1.165) is 0 Å². The highest BCUT2D eigenvalue weighted by molar-refractivity contribution is 9.10. The van der Waals surface area contributed by atoms with Crippen molar-refractivity contribution in [3.05, 3.63) is 68.9 Å². The number of nitrogens with zero attached hydrogens (tertiary/aromatic N) is 3. The highest BCUT2D eigenvalue weighted by Crippen LogP contribution is 2.27. The van der Waals surface area contributed by atoms with E-state index >= 15 is 0 Å². The van der Waals surface area contributed by atoms with Crippen molar-refractivity contribution in [2.45, 2.75) is 38.6 Å². The Balaban J connectivity index is 2.46. The van der Waals surface area contributed by atoms with E-state index in [2.05, 4.69) is 22.0 Å². The van der Waals surface area contributed by atoms with Crippen LogP contribution in [0.4, 0.5) is 4.39 Å². The summed E-state index contributed by atoms with van der Waals surface area (Å²) >= 11 is 9.10. The van der Waals surface area contributed by atoms with Gasteiger partial charge in [-0.25, -0.2) is 14.4 Å². The Labute approximate surface area is 189 Å². The van der Waals surface area contributed by atoms with Gasteiger partial charge in [-0.1, -0.05) is 19.1 Å². The zero-order valence-electron chi connectivity index (χ0n) is 17.0. The largest absolute Gasteiger partial charge is 0.272 e. The van der Waals surface area contributed by atoms with Gasteiger partial charge in [0, 0.05) is 24.1 Å². The summed E-state index contributed by atoms with van der Waals surface area (Å²) in [6, 6.07) is 11.1. The summed E-state index contributed by atoms with van der Waals surface area (Å²) in [5, 5.41) is 11.5. The van der Waals surface area contributed by atoms with Crippen LogP contribution >= 0.6 is 27.5 Å². The molecular weight excluding hydrogens is 473 g/mol. The Morgan fingerprint density at radius 2 is 1.97 bits per heavy atom. The van der Waals surface area contributed by atoms with Gasteiger partial charge in [0.2, 0.25) is 0 Å². The molecule has 0 N–H and O–H groups in total. The second-order valence-corrected chi connectivity index (χ2v) is 7.85. The van der Waals surface area contributed by atoms with Crippen LogP contribution in [0.2, 0.25) is 0 Å². The lowest BCUT2D eigenvalue weighted by molar-refractivity contribution is -0.00886. The number of carbonyl (C=O) groups excluding carboxylic acids is 2. The average Bonchev–Trinajstić information content (AvgIpc) is 2.75. The molecule has 2 rings (SSSR count). The summed E-state index contributed by atoms with van der Waals surface area (Å²) in [7, 11) is 1.50. The zero-order valence-corrected chi connectivity index (χ0v) is 19.3. The van der Waals surface area contributed by atoms with Crippen LogP contribution in [-0.4, -0.2) is 34.9 Å². The topological polar surface area (TPSA) is 64.4 Å². The van der Waals surface area contributed by atoms with E-state index in [-0.39, 0.29) is 34.3 Å². The maximum Gasteiger partial charge on any atom is 0.272 e. The molecule has 1 atom stereocenters. The molecule has 8 heteroatoms. The number of nitriles is 1. The molecule has 0 saturated heterocycles. The standard InChI is InChI=1S/C22H22BrClFN3O2/c1-4-14(2)28(21(29)16-7-5-6-15(12-16)10-11-26)27(3)22(30)17-8-9-19(25)20(23)18(17)13-24/h5-9,12,14H,4,10,13H2,1-3H3. The first-order valence-electron chi connectivity index (χ1n) is 9.37. The van der Waals surface area contributed by atoms with Gasteiger partial charge in [0.1, 0.15) is 5.82 Å². The van der Waals surface area contributed by atoms with Crippen LogP contribution in [-0.2, 0) is 12.3 Å². The average molecular weight is 495 g/mol.